The first-order valence-electron chi connectivity index (χ1n) is 8.67. The molecule has 0 aliphatic rings. The monoisotopic (exact) mass is 396 g/mol. The molecular weight excluding hydrogens is 376 g/mol. The number of amides is 1. The van der Waals surface area contributed by atoms with Gasteiger partial charge in [-0.25, -0.2) is 4.79 Å². The number of para-hydroxylation sites is 2. The predicted octanol–water partition coefficient (Wildman–Crippen LogP) is 3.74. The van der Waals surface area contributed by atoms with E-state index in [4.69, 9.17) is 9.47 Å². The van der Waals surface area contributed by atoms with Gasteiger partial charge in [0.25, 0.3) is 11.6 Å². The van der Waals surface area contributed by atoms with Crippen molar-refractivity contribution in [1.29, 1.82) is 0 Å². The number of ether oxygens (including phenoxy) is 2. The van der Waals surface area contributed by atoms with Crippen LogP contribution >= 0.6 is 0 Å². The highest BCUT2D eigenvalue weighted by atomic mass is 16.6. The third-order valence-corrected chi connectivity index (χ3v) is 3.68. The third-order valence-electron chi connectivity index (χ3n) is 3.68. The number of rotatable bonds is 9. The van der Waals surface area contributed by atoms with Gasteiger partial charge in [0.2, 0.25) is 0 Å². The Morgan fingerprint density at radius 2 is 1.90 bits per heavy atom. The van der Waals surface area contributed by atoms with E-state index in [-0.39, 0.29) is 11.4 Å². The molecule has 0 spiro atoms. The van der Waals surface area contributed by atoms with Crippen molar-refractivity contribution in [1.82, 2.24) is 0 Å². The lowest BCUT2D eigenvalue weighted by Crippen LogP contribution is -2.29. The van der Waals surface area contributed by atoms with Gasteiger partial charge in [0, 0.05) is 12.1 Å². The average molecular weight is 396 g/mol. The first-order valence-corrected chi connectivity index (χ1v) is 8.67. The molecule has 1 N–H and O–H groups in total. The maximum Gasteiger partial charge on any atom is 0.331 e. The standard InChI is InChI=1S/C21H20N2O6/c1-3-14-28-17-11-8-16(9-12-17)10-13-20(24)29-15(2)21(25)22-18-6-4-5-7-19(18)23(26)27/h3-13,15H,1,14H2,2H3,(H,22,25)/b13-10+/t15-/m0/s1. The van der Waals surface area contributed by atoms with Gasteiger partial charge in [-0.15, -0.1) is 0 Å². The Labute approximate surface area is 167 Å². The van der Waals surface area contributed by atoms with Crippen molar-refractivity contribution in [2.24, 2.45) is 0 Å². The van der Waals surface area contributed by atoms with Gasteiger partial charge in [-0.1, -0.05) is 36.9 Å². The molecule has 0 fully saturated rings. The van der Waals surface area contributed by atoms with Crippen molar-refractivity contribution in [3.8, 4) is 5.75 Å². The number of nitrogens with zero attached hydrogens (tertiary/aromatic N) is 1. The number of carbonyl (C=O) groups is 2. The number of nitrogens with one attached hydrogen (secondary N) is 1. The van der Waals surface area contributed by atoms with Crippen molar-refractivity contribution in [2.75, 3.05) is 11.9 Å². The topological polar surface area (TPSA) is 108 Å². The molecule has 0 bridgehead atoms. The summed E-state index contributed by atoms with van der Waals surface area (Å²) in [7, 11) is 0. The van der Waals surface area contributed by atoms with Gasteiger partial charge in [-0.05, 0) is 36.8 Å². The minimum Gasteiger partial charge on any atom is -0.490 e. The normalized spacial score (nSPS) is 11.5. The molecule has 150 valence electrons. The van der Waals surface area contributed by atoms with E-state index in [1.807, 2.05) is 0 Å². The molecule has 1 amide bonds. The van der Waals surface area contributed by atoms with E-state index in [1.165, 1.54) is 37.3 Å². The third kappa shape index (κ3) is 6.62. The SMILES string of the molecule is C=CCOc1ccc(/C=C/C(=O)O[C@@H](C)C(=O)Nc2ccccc2[N+](=O)[O-])cc1. The Morgan fingerprint density at radius 3 is 2.55 bits per heavy atom. The number of hydrogen-bond donors (Lipinski definition) is 1. The van der Waals surface area contributed by atoms with Crippen molar-refractivity contribution in [2.45, 2.75) is 13.0 Å². The van der Waals surface area contributed by atoms with Gasteiger partial charge in [-0.3, -0.25) is 14.9 Å². The van der Waals surface area contributed by atoms with Crippen LogP contribution < -0.4 is 10.1 Å². The van der Waals surface area contributed by atoms with E-state index in [9.17, 15) is 19.7 Å². The van der Waals surface area contributed by atoms with Crippen LogP contribution in [0.4, 0.5) is 11.4 Å². The van der Waals surface area contributed by atoms with Gasteiger partial charge in [-0.2, -0.15) is 0 Å². The number of hydrogen-bond acceptors (Lipinski definition) is 6. The molecule has 0 radical (unpaired) electrons. The highest BCUT2D eigenvalue weighted by Crippen LogP contribution is 2.23. The number of nitro groups is 1. The number of esters is 1. The molecule has 2 rings (SSSR count). The van der Waals surface area contributed by atoms with Crippen molar-refractivity contribution in [3.63, 3.8) is 0 Å². The molecule has 0 unspecified atom stereocenters. The van der Waals surface area contributed by atoms with Gasteiger partial charge in [0.15, 0.2) is 6.10 Å². The summed E-state index contributed by atoms with van der Waals surface area (Å²) in [5, 5.41) is 13.4. The number of carbonyl (C=O) groups excluding carboxylic acids is 2. The van der Waals surface area contributed by atoms with Gasteiger partial charge >= 0.3 is 5.97 Å². The molecule has 2 aromatic rings. The van der Waals surface area contributed by atoms with E-state index in [0.29, 0.717) is 12.4 Å². The second kappa shape index (κ2) is 10.4. The maximum atomic E-state index is 12.2. The Morgan fingerprint density at radius 1 is 1.21 bits per heavy atom. The maximum absolute atomic E-state index is 12.2. The molecule has 8 nitrogen and oxygen atoms in total. The van der Waals surface area contributed by atoms with E-state index < -0.39 is 22.9 Å². The summed E-state index contributed by atoms with van der Waals surface area (Å²) in [5.41, 5.74) is 0.518. The fourth-order valence-corrected chi connectivity index (χ4v) is 2.23. The van der Waals surface area contributed by atoms with E-state index in [1.54, 1.807) is 36.4 Å². The van der Waals surface area contributed by atoms with Crippen molar-refractivity contribution >= 4 is 29.3 Å². The van der Waals surface area contributed by atoms with Gasteiger partial charge in [0.05, 0.1) is 4.92 Å². The smallest absolute Gasteiger partial charge is 0.331 e. The van der Waals surface area contributed by atoms with Crippen molar-refractivity contribution < 1.29 is 24.0 Å². The highest BCUT2D eigenvalue weighted by molar-refractivity contribution is 5.98. The molecule has 0 heterocycles. The Balaban J connectivity index is 1.91. The van der Waals surface area contributed by atoms with E-state index >= 15 is 0 Å². The van der Waals surface area contributed by atoms with Gasteiger partial charge < -0.3 is 14.8 Å². The lowest BCUT2D eigenvalue weighted by atomic mass is 10.2. The molecule has 0 aliphatic heterocycles. The summed E-state index contributed by atoms with van der Waals surface area (Å²) in [6, 6.07) is 12.7. The first kappa shape index (κ1) is 21.4. The average Bonchev–Trinajstić information content (AvgIpc) is 2.71. The van der Waals surface area contributed by atoms with Crippen LogP contribution in [0.5, 0.6) is 5.75 Å². The number of benzene rings is 2. The second-order valence-corrected chi connectivity index (χ2v) is 5.84. The van der Waals surface area contributed by atoms with E-state index in [2.05, 4.69) is 11.9 Å². The van der Waals surface area contributed by atoms with Gasteiger partial charge in [0.1, 0.15) is 18.0 Å². The zero-order chi connectivity index (χ0) is 21.2. The lowest BCUT2D eigenvalue weighted by molar-refractivity contribution is -0.383. The molecule has 29 heavy (non-hydrogen) atoms. The molecule has 1 atom stereocenters. The number of anilines is 1. The predicted molar refractivity (Wildman–Crippen MR) is 108 cm³/mol. The quantitative estimate of drug-likeness (QED) is 0.227. The van der Waals surface area contributed by atoms with Crippen LogP contribution in [0, 0.1) is 10.1 Å². The molecular formula is C21H20N2O6. The summed E-state index contributed by atoms with van der Waals surface area (Å²) >= 11 is 0. The summed E-state index contributed by atoms with van der Waals surface area (Å²) in [4.78, 5) is 34.5. The molecule has 0 saturated heterocycles. The fraction of sp³-hybridized carbons (Fsp3) is 0.143. The zero-order valence-electron chi connectivity index (χ0n) is 15.7. The van der Waals surface area contributed by atoms with Crippen LogP contribution in [0.25, 0.3) is 6.08 Å². The van der Waals surface area contributed by atoms with Crippen LogP contribution in [-0.4, -0.2) is 29.5 Å². The van der Waals surface area contributed by atoms with E-state index in [0.717, 1.165) is 5.56 Å². The number of nitro benzene ring substituents is 1. The lowest BCUT2D eigenvalue weighted by Gasteiger charge is -2.12. The Kier molecular flexibility index (Phi) is 7.67. The molecule has 8 heteroatoms. The highest BCUT2D eigenvalue weighted by Gasteiger charge is 2.20. The second-order valence-electron chi connectivity index (χ2n) is 5.84. The van der Waals surface area contributed by atoms with Crippen LogP contribution in [0.15, 0.2) is 67.3 Å². The molecule has 2 aromatic carbocycles. The summed E-state index contributed by atoms with van der Waals surface area (Å²) in [5.74, 6) is -0.725. The van der Waals surface area contributed by atoms with Crippen LogP contribution in [0.3, 0.4) is 0 Å². The van der Waals surface area contributed by atoms with Crippen LogP contribution in [-0.2, 0) is 14.3 Å². The Hall–Kier alpha value is -3.94. The largest absolute Gasteiger partial charge is 0.490 e. The first-order chi connectivity index (χ1) is 13.9. The van der Waals surface area contributed by atoms with Crippen molar-refractivity contribution in [3.05, 3.63) is 82.9 Å². The van der Waals surface area contributed by atoms with Crippen LogP contribution in [0.1, 0.15) is 12.5 Å². The van der Waals surface area contributed by atoms with Crippen LogP contribution in [0.2, 0.25) is 0 Å². The minimum absolute atomic E-state index is 0.0275. The fourth-order valence-electron chi connectivity index (χ4n) is 2.23. The zero-order valence-corrected chi connectivity index (χ0v) is 15.7. The molecule has 0 aliphatic carbocycles. The minimum atomic E-state index is -1.14. The Bertz CT molecular complexity index is 921. The molecule has 0 aromatic heterocycles. The molecule has 0 saturated carbocycles. The summed E-state index contributed by atoms with van der Waals surface area (Å²) in [6.07, 6.45) is 3.22. The summed E-state index contributed by atoms with van der Waals surface area (Å²) in [6.45, 7) is 5.34. The summed E-state index contributed by atoms with van der Waals surface area (Å²) < 4.78 is 10.4.